The van der Waals surface area contributed by atoms with Crippen molar-refractivity contribution < 1.29 is 9.18 Å². The predicted molar refractivity (Wildman–Crippen MR) is 119 cm³/mol. The van der Waals surface area contributed by atoms with Gasteiger partial charge in [-0.2, -0.15) is 0 Å². The minimum Gasteiger partial charge on any atom is -0.368 e. The lowest BCUT2D eigenvalue weighted by Crippen LogP contribution is -2.49. The average molecular weight is 430 g/mol. The SMILES string of the molecule is O=C(c1nnn(Cc2cccc(F)c2)c1-n1cccc1)N1CCN(c2ccccc2)CC1. The molecule has 32 heavy (non-hydrogen) atoms. The lowest BCUT2D eigenvalue weighted by Gasteiger charge is -2.35. The third kappa shape index (κ3) is 3.99. The highest BCUT2D eigenvalue weighted by atomic mass is 19.1. The Bertz CT molecular complexity index is 1200. The fourth-order valence-corrected chi connectivity index (χ4v) is 4.05. The third-order valence-electron chi connectivity index (χ3n) is 5.67. The molecule has 1 amide bonds. The molecule has 3 heterocycles. The van der Waals surface area contributed by atoms with Gasteiger partial charge in [-0.3, -0.25) is 4.79 Å². The van der Waals surface area contributed by atoms with Gasteiger partial charge in [-0.1, -0.05) is 35.5 Å². The Morgan fingerprint density at radius 3 is 2.38 bits per heavy atom. The van der Waals surface area contributed by atoms with Crippen LogP contribution in [-0.2, 0) is 6.54 Å². The van der Waals surface area contributed by atoms with Crippen LogP contribution in [0.2, 0.25) is 0 Å². The molecule has 1 saturated heterocycles. The molecule has 2 aromatic carbocycles. The molecule has 0 aliphatic carbocycles. The summed E-state index contributed by atoms with van der Waals surface area (Å²) in [6.45, 7) is 3.04. The fraction of sp³-hybridized carbons (Fsp3) is 0.208. The third-order valence-corrected chi connectivity index (χ3v) is 5.67. The Morgan fingerprint density at radius 2 is 1.66 bits per heavy atom. The van der Waals surface area contributed by atoms with E-state index < -0.39 is 0 Å². The first-order chi connectivity index (χ1) is 15.7. The fourth-order valence-electron chi connectivity index (χ4n) is 4.05. The second-order valence-corrected chi connectivity index (χ2v) is 7.75. The molecule has 8 heteroatoms. The number of aromatic nitrogens is 4. The smallest absolute Gasteiger partial charge is 0.278 e. The van der Waals surface area contributed by atoms with Crippen LogP contribution in [0, 0.1) is 5.82 Å². The van der Waals surface area contributed by atoms with Crippen LogP contribution in [0.5, 0.6) is 0 Å². The van der Waals surface area contributed by atoms with Crippen molar-refractivity contribution in [2.45, 2.75) is 6.54 Å². The van der Waals surface area contributed by atoms with E-state index in [0.29, 0.717) is 31.1 Å². The Labute approximate surface area is 185 Å². The maximum atomic E-state index is 13.7. The largest absolute Gasteiger partial charge is 0.368 e. The highest BCUT2D eigenvalue weighted by molar-refractivity contribution is 5.95. The van der Waals surface area contributed by atoms with Crippen molar-refractivity contribution in [2.75, 3.05) is 31.1 Å². The summed E-state index contributed by atoms with van der Waals surface area (Å²) in [5.41, 5.74) is 2.21. The second kappa shape index (κ2) is 8.66. The number of benzene rings is 2. The van der Waals surface area contributed by atoms with E-state index in [0.717, 1.165) is 24.3 Å². The molecule has 0 saturated carbocycles. The summed E-state index contributed by atoms with van der Waals surface area (Å²) in [6.07, 6.45) is 3.70. The summed E-state index contributed by atoms with van der Waals surface area (Å²) in [7, 11) is 0. The first-order valence-corrected chi connectivity index (χ1v) is 10.6. The summed E-state index contributed by atoms with van der Waals surface area (Å²) < 4.78 is 17.1. The topological polar surface area (TPSA) is 59.2 Å². The van der Waals surface area contributed by atoms with Crippen molar-refractivity contribution >= 4 is 11.6 Å². The molecule has 0 radical (unpaired) electrons. The van der Waals surface area contributed by atoms with Crippen molar-refractivity contribution in [3.05, 3.63) is 96.2 Å². The zero-order valence-corrected chi connectivity index (χ0v) is 17.5. The van der Waals surface area contributed by atoms with E-state index in [4.69, 9.17) is 0 Å². The van der Waals surface area contributed by atoms with Gasteiger partial charge in [0.15, 0.2) is 11.5 Å². The molecule has 7 nitrogen and oxygen atoms in total. The highest BCUT2D eigenvalue weighted by Crippen LogP contribution is 2.20. The van der Waals surface area contributed by atoms with Crippen molar-refractivity contribution in [2.24, 2.45) is 0 Å². The van der Waals surface area contributed by atoms with Crippen LogP contribution in [0.4, 0.5) is 10.1 Å². The van der Waals surface area contributed by atoms with E-state index >= 15 is 0 Å². The number of halogens is 1. The number of nitrogens with zero attached hydrogens (tertiary/aromatic N) is 6. The van der Waals surface area contributed by atoms with Crippen LogP contribution in [0.15, 0.2) is 79.1 Å². The van der Waals surface area contributed by atoms with Gasteiger partial charge in [0.25, 0.3) is 5.91 Å². The highest BCUT2D eigenvalue weighted by Gasteiger charge is 2.28. The summed E-state index contributed by atoms with van der Waals surface area (Å²) >= 11 is 0. The van der Waals surface area contributed by atoms with Crippen molar-refractivity contribution in [1.82, 2.24) is 24.5 Å². The van der Waals surface area contributed by atoms with E-state index in [1.54, 1.807) is 10.7 Å². The number of carbonyl (C=O) groups is 1. The summed E-state index contributed by atoms with van der Waals surface area (Å²) in [4.78, 5) is 17.5. The van der Waals surface area contributed by atoms with Gasteiger partial charge in [-0.05, 0) is 42.0 Å². The Morgan fingerprint density at radius 1 is 0.906 bits per heavy atom. The molecule has 1 aliphatic heterocycles. The number of piperazine rings is 1. The van der Waals surface area contributed by atoms with Crippen LogP contribution >= 0.6 is 0 Å². The molecule has 0 unspecified atom stereocenters. The molecule has 1 fully saturated rings. The first kappa shape index (κ1) is 20.0. The normalized spacial score (nSPS) is 14.0. The quantitative estimate of drug-likeness (QED) is 0.488. The summed E-state index contributed by atoms with van der Waals surface area (Å²) in [5.74, 6) is 0.124. The Balaban J connectivity index is 1.38. The predicted octanol–water partition coefficient (Wildman–Crippen LogP) is 3.22. The zero-order valence-electron chi connectivity index (χ0n) is 17.5. The van der Waals surface area contributed by atoms with Gasteiger partial charge in [0, 0.05) is 44.3 Å². The zero-order chi connectivity index (χ0) is 21.9. The molecular formula is C24H23FN6O. The molecule has 5 rings (SSSR count). The second-order valence-electron chi connectivity index (χ2n) is 7.75. The van der Waals surface area contributed by atoms with Gasteiger partial charge in [-0.25, -0.2) is 9.07 Å². The maximum Gasteiger partial charge on any atom is 0.278 e. The molecule has 0 bridgehead atoms. The standard InChI is InChI=1S/C24H23FN6O/c25-20-8-6-7-19(17-20)18-31-23(29-11-4-5-12-29)22(26-27-31)24(32)30-15-13-28(14-16-30)21-9-2-1-3-10-21/h1-12,17H,13-16,18H2. The minimum atomic E-state index is -0.308. The lowest BCUT2D eigenvalue weighted by molar-refractivity contribution is 0.0740. The Hall–Kier alpha value is -3.94. The number of carbonyl (C=O) groups excluding carboxylic acids is 1. The maximum absolute atomic E-state index is 13.7. The molecule has 1 aliphatic rings. The van der Waals surface area contributed by atoms with E-state index in [2.05, 4.69) is 27.3 Å². The van der Waals surface area contributed by atoms with Gasteiger partial charge in [-0.15, -0.1) is 5.10 Å². The van der Waals surface area contributed by atoms with Crippen molar-refractivity contribution in [3.63, 3.8) is 0 Å². The Kier molecular flexibility index (Phi) is 5.41. The van der Waals surface area contributed by atoms with E-state index in [9.17, 15) is 9.18 Å². The van der Waals surface area contributed by atoms with Crippen molar-refractivity contribution in [3.8, 4) is 5.82 Å². The number of anilines is 1. The monoisotopic (exact) mass is 430 g/mol. The number of amides is 1. The minimum absolute atomic E-state index is 0.146. The van der Waals surface area contributed by atoms with Gasteiger partial charge in [0.05, 0.1) is 6.54 Å². The number of hydrogen-bond acceptors (Lipinski definition) is 4. The first-order valence-electron chi connectivity index (χ1n) is 10.6. The van der Waals surface area contributed by atoms with Gasteiger partial charge in [0.1, 0.15) is 5.82 Å². The van der Waals surface area contributed by atoms with Crippen LogP contribution in [0.25, 0.3) is 5.82 Å². The number of para-hydroxylation sites is 1. The lowest BCUT2D eigenvalue weighted by atomic mass is 10.2. The average Bonchev–Trinajstić information content (AvgIpc) is 3.49. The number of hydrogen-bond donors (Lipinski definition) is 0. The van der Waals surface area contributed by atoms with Gasteiger partial charge >= 0.3 is 0 Å². The molecule has 4 aromatic rings. The molecule has 162 valence electrons. The van der Waals surface area contributed by atoms with E-state index in [1.807, 2.05) is 58.3 Å². The summed E-state index contributed by atoms with van der Waals surface area (Å²) in [6, 6.07) is 20.3. The molecule has 0 atom stereocenters. The van der Waals surface area contributed by atoms with Crippen LogP contribution < -0.4 is 4.90 Å². The van der Waals surface area contributed by atoms with Gasteiger partial charge < -0.3 is 14.4 Å². The summed E-state index contributed by atoms with van der Waals surface area (Å²) in [5, 5.41) is 8.48. The van der Waals surface area contributed by atoms with E-state index in [-0.39, 0.29) is 11.7 Å². The van der Waals surface area contributed by atoms with Crippen LogP contribution in [-0.4, -0.2) is 56.5 Å². The molecule has 0 N–H and O–H groups in total. The molecule has 0 spiro atoms. The van der Waals surface area contributed by atoms with Gasteiger partial charge in [0.2, 0.25) is 0 Å². The van der Waals surface area contributed by atoms with Crippen molar-refractivity contribution in [1.29, 1.82) is 0 Å². The van der Waals surface area contributed by atoms with Crippen LogP contribution in [0.3, 0.4) is 0 Å². The van der Waals surface area contributed by atoms with Crippen LogP contribution in [0.1, 0.15) is 16.1 Å². The number of rotatable bonds is 5. The van der Waals surface area contributed by atoms with E-state index in [1.165, 1.54) is 12.1 Å². The molecular weight excluding hydrogens is 407 g/mol. The molecule has 2 aromatic heterocycles.